The zero-order valence-electron chi connectivity index (χ0n) is 14.8. The Bertz CT molecular complexity index is 499. The van der Waals surface area contributed by atoms with Gasteiger partial charge in [0.25, 0.3) is 0 Å². The molecular weight excluding hydrogens is 415 g/mol. The number of aliphatic imine (C=N–C) groups is 1. The second kappa shape index (κ2) is 9.65. The predicted octanol–water partition coefficient (Wildman–Crippen LogP) is 3.39. The quantitative estimate of drug-likeness (QED) is 0.400. The number of piperidine rings is 1. The van der Waals surface area contributed by atoms with Gasteiger partial charge in [-0.1, -0.05) is 13.3 Å². The average molecular weight is 446 g/mol. The third-order valence-corrected chi connectivity index (χ3v) is 4.90. The van der Waals surface area contributed by atoms with Crippen molar-refractivity contribution in [2.75, 3.05) is 26.2 Å². The van der Waals surface area contributed by atoms with Crippen molar-refractivity contribution in [1.29, 1.82) is 0 Å². The summed E-state index contributed by atoms with van der Waals surface area (Å²) in [5.74, 6) is 2.74. The summed E-state index contributed by atoms with van der Waals surface area (Å²) in [6, 6.07) is 4.89. The van der Waals surface area contributed by atoms with E-state index in [2.05, 4.69) is 35.4 Å². The van der Waals surface area contributed by atoms with Gasteiger partial charge in [-0.25, -0.2) is 0 Å². The minimum atomic E-state index is 0. The van der Waals surface area contributed by atoms with Gasteiger partial charge < -0.3 is 15.1 Å². The number of likely N-dealkylation sites (tertiary alicyclic amines) is 1. The lowest BCUT2D eigenvalue weighted by molar-refractivity contribution is 0.150. The van der Waals surface area contributed by atoms with Gasteiger partial charge >= 0.3 is 0 Å². The summed E-state index contributed by atoms with van der Waals surface area (Å²) in [6.07, 6.45) is 6.91. The Labute approximate surface area is 162 Å². The molecule has 2 N–H and O–H groups in total. The number of guanidine groups is 1. The molecule has 1 aliphatic heterocycles. The number of rotatable bonds is 6. The molecule has 2 aliphatic rings. The van der Waals surface area contributed by atoms with Crippen molar-refractivity contribution in [3.63, 3.8) is 0 Å². The van der Waals surface area contributed by atoms with Crippen molar-refractivity contribution < 1.29 is 4.42 Å². The van der Waals surface area contributed by atoms with E-state index < -0.39 is 0 Å². The number of hydrogen-bond donors (Lipinski definition) is 2. The molecule has 3 unspecified atom stereocenters. The minimum Gasteiger partial charge on any atom is -0.468 e. The van der Waals surface area contributed by atoms with E-state index >= 15 is 0 Å². The van der Waals surface area contributed by atoms with E-state index in [1.807, 2.05) is 6.07 Å². The van der Waals surface area contributed by atoms with Crippen LogP contribution >= 0.6 is 24.0 Å². The Morgan fingerprint density at radius 2 is 2.12 bits per heavy atom. The van der Waals surface area contributed by atoms with E-state index in [1.54, 1.807) is 6.26 Å². The molecule has 1 aliphatic carbocycles. The van der Waals surface area contributed by atoms with Gasteiger partial charge in [0, 0.05) is 12.6 Å². The molecular formula is C18H31IN4O. The maximum atomic E-state index is 5.70. The van der Waals surface area contributed by atoms with Crippen molar-refractivity contribution in [3.05, 3.63) is 24.2 Å². The highest BCUT2D eigenvalue weighted by molar-refractivity contribution is 14.0. The van der Waals surface area contributed by atoms with Gasteiger partial charge in [-0.15, -0.1) is 24.0 Å². The summed E-state index contributed by atoms with van der Waals surface area (Å²) in [4.78, 5) is 7.38. The van der Waals surface area contributed by atoms with E-state index in [0.717, 1.165) is 43.8 Å². The highest BCUT2D eigenvalue weighted by atomic mass is 127. The lowest BCUT2D eigenvalue weighted by Gasteiger charge is -2.32. The number of furan rings is 1. The molecule has 3 atom stereocenters. The van der Waals surface area contributed by atoms with Gasteiger partial charge in [0.2, 0.25) is 0 Å². The first kappa shape index (κ1) is 19.6. The van der Waals surface area contributed by atoms with Crippen molar-refractivity contribution in [2.45, 2.75) is 51.6 Å². The molecule has 0 radical (unpaired) electrons. The number of hydrogen-bond acceptors (Lipinski definition) is 3. The topological polar surface area (TPSA) is 52.8 Å². The maximum absolute atomic E-state index is 5.70. The van der Waals surface area contributed by atoms with Gasteiger partial charge in [-0.05, 0) is 57.3 Å². The first-order chi connectivity index (χ1) is 11.3. The summed E-state index contributed by atoms with van der Waals surface area (Å²) < 4.78 is 5.70. The molecule has 1 aromatic rings. The molecule has 5 nitrogen and oxygen atoms in total. The summed E-state index contributed by atoms with van der Waals surface area (Å²) in [5, 5.41) is 6.90. The largest absolute Gasteiger partial charge is 0.468 e. The van der Waals surface area contributed by atoms with Gasteiger partial charge in [0.15, 0.2) is 5.96 Å². The fraction of sp³-hybridized carbons (Fsp3) is 0.722. The molecule has 1 aromatic heterocycles. The molecule has 24 heavy (non-hydrogen) atoms. The first-order valence-electron chi connectivity index (χ1n) is 9.10. The molecule has 0 amide bonds. The van der Waals surface area contributed by atoms with E-state index in [1.165, 1.54) is 25.7 Å². The van der Waals surface area contributed by atoms with Crippen LogP contribution in [-0.4, -0.2) is 43.1 Å². The van der Waals surface area contributed by atoms with E-state index in [4.69, 9.17) is 9.41 Å². The second-order valence-electron chi connectivity index (χ2n) is 6.81. The van der Waals surface area contributed by atoms with Crippen LogP contribution < -0.4 is 10.6 Å². The summed E-state index contributed by atoms with van der Waals surface area (Å²) in [6.45, 7) is 8.31. The SMILES string of the molecule is CCNC(=NCC(c1ccco1)N1CCCCC1)NC1CC1C.I. The molecule has 2 fully saturated rings. The molecule has 136 valence electrons. The highest BCUT2D eigenvalue weighted by Gasteiger charge is 2.33. The van der Waals surface area contributed by atoms with Crippen LogP contribution in [0.15, 0.2) is 27.8 Å². The molecule has 0 aromatic carbocycles. The Morgan fingerprint density at radius 1 is 1.38 bits per heavy atom. The monoisotopic (exact) mass is 446 g/mol. The fourth-order valence-corrected chi connectivity index (χ4v) is 3.29. The van der Waals surface area contributed by atoms with E-state index in [0.29, 0.717) is 6.04 Å². The van der Waals surface area contributed by atoms with Crippen LogP contribution in [0.2, 0.25) is 0 Å². The standard InChI is InChI=1S/C18H30N4O.HI/c1-3-19-18(21-15-12-14(15)2)20-13-16(17-8-7-11-23-17)22-9-5-4-6-10-22;/h7-8,11,14-16H,3-6,9-10,12-13H2,1-2H3,(H2,19,20,21);1H. The van der Waals surface area contributed by atoms with Gasteiger partial charge in [-0.3, -0.25) is 9.89 Å². The minimum absolute atomic E-state index is 0. The summed E-state index contributed by atoms with van der Waals surface area (Å²) in [7, 11) is 0. The van der Waals surface area contributed by atoms with Crippen LogP contribution in [-0.2, 0) is 0 Å². The van der Waals surface area contributed by atoms with Crippen molar-refractivity contribution >= 4 is 29.9 Å². The van der Waals surface area contributed by atoms with Crippen LogP contribution in [0.3, 0.4) is 0 Å². The van der Waals surface area contributed by atoms with Gasteiger partial charge in [-0.2, -0.15) is 0 Å². The van der Waals surface area contributed by atoms with Crippen molar-refractivity contribution in [2.24, 2.45) is 10.9 Å². The summed E-state index contributed by atoms with van der Waals surface area (Å²) in [5.41, 5.74) is 0. The lowest BCUT2D eigenvalue weighted by Crippen LogP contribution is -2.40. The molecule has 3 rings (SSSR count). The van der Waals surface area contributed by atoms with Gasteiger partial charge in [0.05, 0.1) is 18.8 Å². The van der Waals surface area contributed by atoms with Crippen molar-refractivity contribution in [3.8, 4) is 0 Å². The van der Waals surface area contributed by atoms with E-state index in [-0.39, 0.29) is 30.0 Å². The molecule has 0 spiro atoms. The fourth-order valence-electron chi connectivity index (χ4n) is 3.29. The molecule has 1 saturated heterocycles. The third-order valence-electron chi connectivity index (χ3n) is 4.90. The van der Waals surface area contributed by atoms with Crippen LogP contribution in [0.1, 0.15) is 51.3 Å². The van der Waals surface area contributed by atoms with Crippen LogP contribution in [0.25, 0.3) is 0 Å². The van der Waals surface area contributed by atoms with E-state index in [9.17, 15) is 0 Å². The van der Waals surface area contributed by atoms with Gasteiger partial charge in [0.1, 0.15) is 5.76 Å². The maximum Gasteiger partial charge on any atom is 0.191 e. The summed E-state index contributed by atoms with van der Waals surface area (Å²) >= 11 is 0. The zero-order valence-corrected chi connectivity index (χ0v) is 17.2. The Kier molecular flexibility index (Phi) is 7.87. The van der Waals surface area contributed by atoms with Crippen LogP contribution in [0.5, 0.6) is 0 Å². The predicted molar refractivity (Wildman–Crippen MR) is 109 cm³/mol. The average Bonchev–Trinajstić information content (AvgIpc) is 3.03. The second-order valence-corrected chi connectivity index (χ2v) is 6.81. The Balaban J connectivity index is 0.00000208. The molecule has 0 bridgehead atoms. The zero-order chi connectivity index (χ0) is 16.1. The number of nitrogens with one attached hydrogen (secondary N) is 2. The molecule has 2 heterocycles. The third kappa shape index (κ3) is 5.37. The Hall–Kier alpha value is -0.760. The molecule has 1 saturated carbocycles. The normalized spacial score (nSPS) is 25.7. The van der Waals surface area contributed by atoms with Crippen LogP contribution in [0.4, 0.5) is 0 Å². The number of halogens is 1. The van der Waals surface area contributed by atoms with Crippen LogP contribution in [0, 0.1) is 5.92 Å². The lowest BCUT2D eigenvalue weighted by atomic mass is 10.1. The number of nitrogens with zero attached hydrogens (tertiary/aromatic N) is 2. The smallest absolute Gasteiger partial charge is 0.191 e. The first-order valence-corrected chi connectivity index (χ1v) is 9.10. The molecule has 6 heteroatoms. The highest BCUT2D eigenvalue weighted by Crippen LogP contribution is 2.29. The van der Waals surface area contributed by atoms with Crippen molar-refractivity contribution in [1.82, 2.24) is 15.5 Å². The Morgan fingerprint density at radius 3 is 2.71 bits per heavy atom.